The number of nitrogens with zero attached hydrogens (tertiary/aromatic N) is 5. The fraction of sp³-hybridized carbons (Fsp3) is 0.214. The summed E-state index contributed by atoms with van der Waals surface area (Å²) in [5.74, 6) is -0.256. The van der Waals surface area contributed by atoms with Gasteiger partial charge in [0.05, 0.1) is 29.2 Å². The fourth-order valence-electron chi connectivity index (χ4n) is 4.44. The molecular weight excluding hydrogens is 425 g/mol. The van der Waals surface area contributed by atoms with E-state index in [-0.39, 0.29) is 5.82 Å². The lowest BCUT2D eigenvalue weighted by atomic mass is 10.0. The summed E-state index contributed by atoms with van der Waals surface area (Å²) in [5.41, 5.74) is 5.84. The van der Waals surface area contributed by atoms with E-state index >= 15 is 0 Å². The summed E-state index contributed by atoms with van der Waals surface area (Å²) >= 11 is 0. The Kier molecular flexibility index (Phi) is 6.22. The first-order chi connectivity index (χ1) is 16.6. The summed E-state index contributed by atoms with van der Waals surface area (Å²) < 4.78 is 16.8. The number of halogens is 1. The first-order valence-corrected chi connectivity index (χ1v) is 11.5. The van der Waals surface area contributed by atoms with Gasteiger partial charge in [-0.15, -0.1) is 0 Å². The van der Waals surface area contributed by atoms with Crippen LogP contribution in [0.15, 0.2) is 79.0 Å². The van der Waals surface area contributed by atoms with E-state index in [1.54, 1.807) is 12.1 Å². The van der Waals surface area contributed by atoms with Gasteiger partial charge in [0.2, 0.25) is 0 Å². The molecule has 2 heterocycles. The minimum Gasteiger partial charge on any atom is -0.304 e. The van der Waals surface area contributed by atoms with Gasteiger partial charge >= 0.3 is 0 Å². The molecule has 6 heteroatoms. The third-order valence-electron chi connectivity index (χ3n) is 6.40. The molecule has 0 radical (unpaired) electrons. The molecule has 0 spiro atoms. The Balaban J connectivity index is 1.51. The average Bonchev–Trinajstić information content (AvgIpc) is 3.29. The molecule has 3 aromatic carbocycles. The van der Waals surface area contributed by atoms with Crippen molar-refractivity contribution in [1.29, 1.82) is 5.26 Å². The zero-order valence-corrected chi connectivity index (χ0v) is 19.2. The summed E-state index contributed by atoms with van der Waals surface area (Å²) in [6, 6.07) is 24.6. The van der Waals surface area contributed by atoms with E-state index in [0.29, 0.717) is 11.1 Å². The van der Waals surface area contributed by atoms with Crippen molar-refractivity contribution in [2.45, 2.75) is 6.54 Å². The van der Waals surface area contributed by atoms with Crippen LogP contribution in [0.4, 0.5) is 4.39 Å². The number of benzene rings is 3. The van der Waals surface area contributed by atoms with Crippen LogP contribution in [0.1, 0.15) is 11.1 Å². The third-order valence-corrected chi connectivity index (χ3v) is 6.40. The molecule has 5 rings (SSSR count). The highest BCUT2D eigenvalue weighted by Gasteiger charge is 2.21. The number of aromatic nitrogens is 2. The normalized spacial score (nSPS) is 14.7. The molecule has 0 unspecified atom stereocenters. The molecule has 1 aliphatic rings. The minimum atomic E-state index is -0.256. The average molecular weight is 452 g/mol. The van der Waals surface area contributed by atoms with Crippen molar-refractivity contribution in [3.63, 3.8) is 0 Å². The van der Waals surface area contributed by atoms with E-state index in [1.807, 2.05) is 65.5 Å². The molecule has 0 bridgehead atoms. The van der Waals surface area contributed by atoms with Crippen LogP contribution in [-0.2, 0) is 6.54 Å². The second-order valence-electron chi connectivity index (χ2n) is 8.73. The molecule has 0 aliphatic carbocycles. The molecule has 0 saturated carbocycles. The zero-order chi connectivity index (χ0) is 23.5. The highest BCUT2D eigenvalue weighted by atomic mass is 19.1. The van der Waals surface area contributed by atoms with Crippen molar-refractivity contribution < 1.29 is 4.39 Å². The highest BCUT2D eigenvalue weighted by Crippen LogP contribution is 2.31. The first-order valence-electron chi connectivity index (χ1n) is 11.5. The van der Waals surface area contributed by atoms with Crippen molar-refractivity contribution in [3.8, 4) is 34.1 Å². The number of hydrogen-bond acceptors (Lipinski definition) is 4. The number of rotatable bonds is 5. The summed E-state index contributed by atoms with van der Waals surface area (Å²) in [7, 11) is 2.14. The Morgan fingerprint density at radius 1 is 0.912 bits per heavy atom. The van der Waals surface area contributed by atoms with Crippen LogP contribution in [0.3, 0.4) is 0 Å². The number of hydrogen-bond donors (Lipinski definition) is 0. The van der Waals surface area contributed by atoms with Gasteiger partial charge in [0.1, 0.15) is 5.82 Å². The molecule has 1 fully saturated rings. The Bertz CT molecular complexity index is 1330. The Hall–Kier alpha value is -3.79. The number of likely N-dealkylation sites (N-methyl/N-ethyl adjacent to an activating group) is 1. The second kappa shape index (κ2) is 9.60. The van der Waals surface area contributed by atoms with Crippen molar-refractivity contribution >= 4 is 0 Å². The van der Waals surface area contributed by atoms with Crippen LogP contribution in [0, 0.1) is 17.1 Å². The topological polar surface area (TPSA) is 48.1 Å². The van der Waals surface area contributed by atoms with E-state index < -0.39 is 0 Å². The minimum absolute atomic E-state index is 0.256. The third kappa shape index (κ3) is 4.49. The smallest absolute Gasteiger partial charge is 0.132 e. The van der Waals surface area contributed by atoms with Crippen LogP contribution >= 0.6 is 0 Å². The van der Waals surface area contributed by atoms with Crippen molar-refractivity contribution in [2.75, 3.05) is 33.2 Å². The molecular formula is C28H26FN5. The summed E-state index contributed by atoms with van der Waals surface area (Å²) in [6.07, 6.45) is 1.87. The predicted molar refractivity (Wildman–Crippen MR) is 132 cm³/mol. The van der Waals surface area contributed by atoms with Crippen LogP contribution in [0.5, 0.6) is 0 Å². The van der Waals surface area contributed by atoms with Crippen molar-refractivity contribution in [2.24, 2.45) is 0 Å². The maximum atomic E-state index is 14.9. The summed E-state index contributed by atoms with van der Waals surface area (Å²) in [5, 5.41) is 13.9. The molecule has 1 saturated heterocycles. The van der Waals surface area contributed by atoms with Gasteiger partial charge in [-0.1, -0.05) is 36.4 Å². The van der Waals surface area contributed by atoms with Gasteiger partial charge in [-0.3, -0.25) is 4.90 Å². The number of piperazine rings is 1. The van der Waals surface area contributed by atoms with Crippen molar-refractivity contribution in [1.82, 2.24) is 19.6 Å². The predicted octanol–water partition coefficient (Wildman–Crippen LogP) is 4.96. The van der Waals surface area contributed by atoms with Crippen LogP contribution in [0.2, 0.25) is 0 Å². The van der Waals surface area contributed by atoms with Crippen LogP contribution in [-0.4, -0.2) is 52.8 Å². The molecule has 34 heavy (non-hydrogen) atoms. The SMILES string of the molecule is CN1CCN(Cc2cnn(-c3ccc(-c4cccc(C#N)c4)cc3)c2-c2ccccc2F)CC1. The zero-order valence-electron chi connectivity index (χ0n) is 19.2. The maximum absolute atomic E-state index is 14.9. The lowest BCUT2D eigenvalue weighted by Crippen LogP contribution is -2.43. The molecule has 1 aliphatic heterocycles. The molecule has 4 aromatic rings. The van der Waals surface area contributed by atoms with Gasteiger partial charge in [-0.05, 0) is 54.6 Å². The highest BCUT2D eigenvalue weighted by molar-refractivity contribution is 5.69. The number of nitriles is 1. The van der Waals surface area contributed by atoms with Gasteiger partial charge < -0.3 is 4.90 Å². The van der Waals surface area contributed by atoms with E-state index in [2.05, 4.69) is 28.0 Å². The lowest BCUT2D eigenvalue weighted by Gasteiger charge is -2.32. The molecule has 0 amide bonds. The van der Waals surface area contributed by atoms with E-state index in [0.717, 1.165) is 60.8 Å². The summed E-state index contributed by atoms with van der Waals surface area (Å²) in [4.78, 5) is 4.72. The largest absolute Gasteiger partial charge is 0.304 e. The summed E-state index contributed by atoms with van der Waals surface area (Å²) in [6.45, 7) is 4.75. The van der Waals surface area contributed by atoms with Gasteiger partial charge in [0.15, 0.2) is 0 Å². The molecule has 0 atom stereocenters. The van der Waals surface area contributed by atoms with E-state index in [1.165, 1.54) is 6.07 Å². The van der Waals surface area contributed by atoms with E-state index in [4.69, 9.17) is 0 Å². The Labute approximate surface area is 199 Å². The lowest BCUT2D eigenvalue weighted by molar-refractivity contribution is 0.148. The fourth-order valence-corrected chi connectivity index (χ4v) is 4.44. The van der Waals surface area contributed by atoms with Gasteiger partial charge in [0.25, 0.3) is 0 Å². The van der Waals surface area contributed by atoms with Gasteiger partial charge in [-0.25, -0.2) is 9.07 Å². The van der Waals surface area contributed by atoms with Gasteiger partial charge in [-0.2, -0.15) is 10.4 Å². The van der Waals surface area contributed by atoms with Crippen molar-refractivity contribution in [3.05, 3.63) is 95.9 Å². The Morgan fingerprint density at radius 2 is 1.68 bits per heavy atom. The van der Waals surface area contributed by atoms with Gasteiger partial charge in [0, 0.05) is 43.9 Å². The quantitative estimate of drug-likeness (QED) is 0.430. The van der Waals surface area contributed by atoms with Crippen LogP contribution in [0.25, 0.3) is 28.1 Å². The molecule has 170 valence electrons. The molecule has 5 nitrogen and oxygen atoms in total. The van der Waals surface area contributed by atoms with E-state index in [9.17, 15) is 9.65 Å². The molecule has 1 aromatic heterocycles. The standard InChI is InChI=1S/C28H26FN5/c1-32-13-15-33(16-14-32)20-24-19-31-34(28(24)26-7-2-3-8-27(26)29)25-11-9-22(10-12-25)23-6-4-5-21(17-23)18-30/h2-12,17,19H,13-16,20H2,1H3. The second-order valence-corrected chi connectivity index (χ2v) is 8.73. The maximum Gasteiger partial charge on any atom is 0.132 e. The monoisotopic (exact) mass is 451 g/mol. The first kappa shape index (κ1) is 22.0. The Morgan fingerprint density at radius 3 is 2.41 bits per heavy atom. The molecule has 0 N–H and O–H groups in total. The van der Waals surface area contributed by atoms with Crippen LogP contribution < -0.4 is 0 Å².